The van der Waals surface area contributed by atoms with Gasteiger partial charge in [0, 0.05) is 11.6 Å². The predicted octanol–water partition coefficient (Wildman–Crippen LogP) is 4.21. The Kier molecular flexibility index (Phi) is 7.40. The summed E-state index contributed by atoms with van der Waals surface area (Å²) in [4.78, 5) is 23.9. The summed E-state index contributed by atoms with van der Waals surface area (Å²) < 4.78 is 7.43. The van der Waals surface area contributed by atoms with E-state index in [4.69, 9.17) is 4.42 Å². The molecule has 0 radical (unpaired) electrons. The average molecular weight is 456 g/mol. The number of aromatic nitrogens is 3. The van der Waals surface area contributed by atoms with E-state index in [0.29, 0.717) is 17.5 Å². The van der Waals surface area contributed by atoms with Crippen LogP contribution in [0.4, 0.5) is 4.79 Å². The molecule has 0 fully saturated rings. The second-order valence-corrected chi connectivity index (χ2v) is 9.71. The van der Waals surface area contributed by atoms with Crippen molar-refractivity contribution in [3.05, 3.63) is 54.0 Å². The van der Waals surface area contributed by atoms with Crippen molar-refractivity contribution in [3.63, 3.8) is 0 Å². The Morgan fingerprint density at radius 2 is 1.84 bits per heavy atom. The van der Waals surface area contributed by atoms with Gasteiger partial charge in [-0.3, -0.25) is 14.7 Å². The lowest BCUT2D eigenvalue weighted by atomic mass is 9.87. The van der Waals surface area contributed by atoms with Crippen molar-refractivity contribution in [1.82, 2.24) is 25.4 Å². The molecule has 0 bridgehead atoms. The van der Waals surface area contributed by atoms with Gasteiger partial charge in [-0.25, -0.2) is 4.79 Å². The second kappa shape index (κ2) is 10.0. The molecule has 0 saturated heterocycles. The number of furan rings is 1. The highest BCUT2D eigenvalue weighted by Crippen LogP contribution is 2.28. The molecule has 0 unspecified atom stereocenters. The summed E-state index contributed by atoms with van der Waals surface area (Å²) in [6, 6.07) is 11.4. The molecule has 32 heavy (non-hydrogen) atoms. The van der Waals surface area contributed by atoms with Crippen LogP contribution in [0.2, 0.25) is 0 Å². The van der Waals surface area contributed by atoms with E-state index in [1.165, 1.54) is 17.3 Å². The van der Waals surface area contributed by atoms with Crippen LogP contribution in [0.5, 0.6) is 0 Å². The van der Waals surface area contributed by atoms with Crippen LogP contribution in [0.3, 0.4) is 0 Å². The van der Waals surface area contributed by atoms with E-state index in [-0.39, 0.29) is 17.2 Å². The Labute approximate surface area is 192 Å². The highest BCUT2D eigenvalue weighted by molar-refractivity contribution is 7.99. The number of urea groups is 1. The first-order valence-corrected chi connectivity index (χ1v) is 11.4. The third-order valence-electron chi connectivity index (χ3n) is 4.63. The minimum atomic E-state index is -0.512. The number of nitrogens with zero attached hydrogens (tertiary/aromatic N) is 3. The first-order chi connectivity index (χ1) is 15.1. The molecule has 2 N–H and O–H groups in total. The van der Waals surface area contributed by atoms with Gasteiger partial charge < -0.3 is 9.73 Å². The Balaban J connectivity index is 1.80. The molecule has 0 aliphatic heterocycles. The lowest BCUT2D eigenvalue weighted by Crippen LogP contribution is -2.43. The second-order valence-electron chi connectivity index (χ2n) is 8.76. The molecule has 9 heteroatoms. The lowest BCUT2D eigenvalue weighted by molar-refractivity contribution is -0.117. The molecule has 0 spiro atoms. The van der Waals surface area contributed by atoms with Crippen LogP contribution in [-0.4, -0.2) is 38.5 Å². The van der Waals surface area contributed by atoms with Crippen molar-refractivity contribution in [1.29, 1.82) is 0 Å². The van der Waals surface area contributed by atoms with Gasteiger partial charge in [0.05, 0.1) is 18.6 Å². The summed E-state index contributed by atoms with van der Waals surface area (Å²) in [7, 11) is 0. The van der Waals surface area contributed by atoms with E-state index < -0.39 is 11.9 Å². The van der Waals surface area contributed by atoms with Crippen LogP contribution in [0.15, 0.2) is 52.2 Å². The SMILES string of the molecule is CC(C)NC(=O)NC(=O)CSc1nnc(-c2ccc(C(C)(C)C)cc2)n1Cc1ccco1. The number of hydrogen-bond donors (Lipinski definition) is 2. The van der Waals surface area contributed by atoms with Crippen LogP contribution >= 0.6 is 11.8 Å². The summed E-state index contributed by atoms with van der Waals surface area (Å²) in [5.41, 5.74) is 2.20. The van der Waals surface area contributed by atoms with E-state index in [1.807, 2.05) is 42.7 Å². The Morgan fingerprint density at radius 3 is 2.44 bits per heavy atom. The molecular weight excluding hydrogens is 426 g/mol. The van der Waals surface area contributed by atoms with E-state index >= 15 is 0 Å². The third kappa shape index (κ3) is 6.23. The quantitative estimate of drug-likeness (QED) is 0.518. The van der Waals surface area contributed by atoms with Crippen molar-refractivity contribution >= 4 is 23.7 Å². The van der Waals surface area contributed by atoms with Crippen molar-refractivity contribution < 1.29 is 14.0 Å². The largest absolute Gasteiger partial charge is 0.467 e. The normalized spacial score (nSPS) is 11.6. The minimum absolute atomic E-state index is 0.0325. The molecule has 8 nitrogen and oxygen atoms in total. The molecule has 2 aromatic heterocycles. The van der Waals surface area contributed by atoms with E-state index in [1.54, 1.807) is 6.26 Å². The molecule has 0 atom stereocenters. The Morgan fingerprint density at radius 1 is 1.12 bits per heavy atom. The summed E-state index contributed by atoms with van der Waals surface area (Å²) >= 11 is 1.22. The number of amides is 3. The highest BCUT2D eigenvalue weighted by atomic mass is 32.2. The fourth-order valence-corrected chi connectivity index (χ4v) is 3.76. The van der Waals surface area contributed by atoms with Crippen molar-refractivity contribution in [2.75, 3.05) is 5.75 Å². The van der Waals surface area contributed by atoms with Gasteiger partial charge in [-0.15, -0.1) is 10.2 Å². The zero-order valence-electron chi connectivity index (χ0n) is 19.0. The molecule has 3 amide bonds. The van der Waals surface area contributed by atoms with Crippen molar-refractivity contribution in [3.8, 4) is 11.4 Å². The maximum absolute atomic E-state index is 12.2. The van der Waals surface area contributed by atoms with E-state index in [0.717, 1.165) is 11.3 Å². The predicted molar refractivity (Wildman–Crippen MR) is 125 cm³/mol. The van der Waals surface area contributed by atoms with Crippen molar-refractivity contribution in [2.45, 2.75) is 57.8 Å². The number of rotatable bonds is 7. The number of benzene rings is 1. The molecule has 0 aliphatic carbocycles. The summed E-state index contributed by atoms with van der Waals surface area (Å²) in [6.07, 6.45) is 1.62. The van der Waals surface area contributed by atoms with E-state index in [2.05, 4.69) is 53.7 Å². The monoisotopic (exact) mass is 455 g/mol. The average Bonchev–Trinajstić information content (AvgIpc) is 3.35. The lowest BCUT2D eigenvalue weighted by Gasteiger charge is -2.19. The smallest absolute Gasteiger partial charge is 0.321 e. The number of hydrogen-bond acceptors (Lipinski definition) is 6. The van der Waals surface area contributed by atoms with Gasteiger partial charge in [0.2, 0.25) is 5.91 Å². The molecule has 1 aromatic carbocycles. The maximum Gasteiger partial charge on any atom is 0.321 e. The number of nitrogens with one attached hydrogen (secondary N) is 2. The summed E-state index contributed by atoms with van der Waals surface area (Å²) in [5, 5.41) is 14.2. The third-order valence-corrected chi connectivity index (χ3v) is 5.59. The number of imide groups is 1. The fourth-order valence-electron chi connectivity index (χ4n) is 3.02. The fraction of sp³-hybridized carbons (Fsp3) is 0.391. The molecule has 0 aliphatic rings. The highest BCUT2D eigenvalue weighted by Gasteiger charge is 2.19. The van der Waals surface area contributed by atoms with Crippen LogP contribution in [0, 0.1) is 0 Å². The number of thioether (sulfide) groups is 1. The molecular formula is C23H29N5O3S. The van der Waals surface area contributed by atoms with Crippen LogP contribution in [0.25, 0.3) is 11.4 Å². The first-order valence-electron chi connectivity index (χ1n) is 10.4. The summed E-state index contributed by atoms with van der Waals surface area (Å²) in [6.45, 7) is 10.6. The van der Waals surface area contributed by atoms with Crippen LogP contribution < -0.4 is 10.6 Å². The zero-order chi connectivity index (χ0) is 23.3. The van der Waals surface area contributed by atoms with E-state index in [9.17, 15) is 9.59 Å². The van der Waals surface area contributed by atoms with Gasteiger partial charge in [0.25, 0.3) is 0 Å². The van der Waals surface area contributed by atoms with Crippen molar-refractivity contribution in [2.24, 2.45) is 0 Å². The maximum atomic E-state index is 12.2. The van der Waals surface area contributed by atoms with Gasteiger partial charge in [-0.05, 0) is 37.0 Å². The zero-order valence-corrected chi connectivity index (χ0v) is 19.8. The standard InChI is InChI=1S/C23H29N5O3S/c1-15(2)24-21(30)25-19(29)14-32-22-27-26-20(28(22)13-18-7-6-12-31-18)16-8-10-17(11-9-16)23(3,4)5/h6-12,15H,13-14H2,1-5H3,(H2,24,25,29,30). The Hall–Kier alpha value is -3.07. The van der Waals surface area contributed by atoms with Gasteiger partial charge in [-0.2, -0.15) is 0 Å². The molecule has 0 saturated carbocycles. The van der Waals surface area contributed by atoms with Gasteiger partial charge in [0.15, 0.2) is 11.0 Å². The number of carbonyl (C=O) groups is 2. The van der Waals surface area contributed by atoms with Crippen LogP contribution in [-0.2, 0) is 16.8 Å². The van der Waals surface area contributed by atoms with Gasteiger partial charge >= 0.3 is 6.03 Å². The molecule has 170 valence electrons. The Bertz CT molecular complexity index is 1050. The topological polar surface area (TPSA) is 102 Å². The summed E-state index contributed by atoms with van der Waals surface area (Å²) in [5.74, 6) is 1.06. The van der Waals surface area contributed by atoms with Gasteiger partial charge in [0.1, 0.15) is 5.76 Å². The minimum Gasteiger partial charge on any atom is -0.467 e. The van der Waals surface area contributed by atoms with Crippen LogP contribution in [0.1, 0.15) is 45.9 Å². The molecule has 3 aromatic rings. The molecule has 3 rings (SSSR count). The number of carbonyl (C=O) groups excluding carboxylic acids is 2. The molecule has 2 heterocycles. The van der Waals surface area contributed by atoms with Gasteiger partial charge in [-0.1, -0.05) is 56.8 Å². The first kappa shape index (κ1) is 23.6.